The summed E-state index contributed by atoms with van der Waals surface area (Å²) in [5.74, 6) is 0.706. The molecule has 1 aromatic rings. The van der Waals surface area contributed by atoms with Gasteiger partial charge in [0.1, 0.15) is 0 Å². The van der Waals surface area contributed by atoms with Crippen molar-refractivity contribution in [3.63, 3.8) is 0 Å². The lowest BCUT2D eigenvalue weighted by atomic mass is 9.93. The Kier molecular flexibility index (Phi) is 4.10. The summed E-state index contributed by atoms with van der Waals surface area (Å²) < 4.78 is 1.19. The maximum atomic E-state index is 3.56. The lowest BCUT2D eigenvalue weighted by Gasteiger charge is -2.38. The highest BCUT2D eigenvalue weighted by Crippen LogP contribution is 2.27. The van der Waals surface area contributed by atoms with Gasteiger partial charge in [0.15, 0.2) is 0 Å². The molecule has 1 N–H and O–H groups in total. The van der Waals surface area contributed by atoms with Crippen molar-refractivity contribution in [2.75, 3.05) is 25.0 Å². The van der Waals surface area contributed by atoms with Crippen molar-refractivity contribution in [3.8, 4) is 0 Å². The first kappa shape index (κ1) is 12.9. The average molecular weight is 297 g/mol. The molecule has 2 nitrogen and oxygen atoms in total. The van der Waals surface area contributed by atoms with E-state index in [2.05, 4.69) is 65.2 Å². The van der Waals surface area contributed by atoms with Gasteiger partial charge < -0.3 is 10.2 Å². The van der Waals surface area contributed by atoms with Gasteiger partial charge in [0.05, 0.1) is 0 Å². The first-order valence-electron chi connectivity index (χ1n) is 6.30. The highest BCUT2D eigenvalue weighted by molar-refractivity contribution is 9.10. The maximum Gasteiger partial charge on any atom is 0.0369 e. The van der Waals surface area contributed by atoms with Crippen LogP contribution in [0.5, 0.6) is 0 Å². The molecule has 1 aliphatic rings. The van der Waals surface area contributed by atoms with Crippen molar-refractivity contribution >= 4 is 21.6 Å². The van der Waals surface area contributed by atoms with Crippen LogP contribution < -0.4 is 10.2 Å². The number of anilines is 1. The third kappa shape index (κ3) is 2.83. The zero-order chi connectivity index (χ0) is 12.4. The predicted molar refractivity (Wildman–Crippen MR) is 77.7 cm³/mol. The van der Waals surface area contributed by atoms with Crippen molar-refractivity contribution in [2.45, 2.75) is 26.3 Å². The van der Waals surface area contributed by atoms with E-state index in [0.29, 0.717) is 12.0 Å². The van der Waals surface area contributed by atoms with Crippen molar-refractivity contribution in [3.05, 3.63) is 28.2 Å². The highest BCUT2D eigenvalue weighted by Gasteiger charge is 2.24. The molecule has 2 atom stereocenters. The number of piperidine rings is 1. The normalized spacial score (nSPS) is 25.1. The Labute approximate surface area is 113 Å². The fraction of sp³-hybridized carbons (Fsp3) is 0.571. The van der Waals surface area contributed by atoms with Crippen molar-refractivity contribution < 1.29 is 0 Å². The zero-order valence-corrected chi connectivity index (χ0v) is 12.4. The second-order valence-electron chi connectivity index (χ2n) is 5.04. The molecule has 0 amide bonds. The van der Waals surface area contributed by atoms with E-state index in [1.54, 1.807) is 0 Å². The van der Waals surface area contributed by atoms with Gasteiger partial charge in [-0.1, -0.05) is 22.9 Å². The van der Waals surface area contributed by atoms with Crippen molar-refractivity contribution in [1.29, 1.82) is 0 Å². The smallest absolute Gasteiger partial charge is 0.0369 e. The fourth-order valence-corrected chi connectivity index (χ4v) is 2.88. The molecule has 2 unspecified atom stereocenters. The molecule has 1 saturated heterocycles. The molecular formula is C14H21BrN2. The Balaban J connectivity index is 2.11. The number of hydrogen-bond donors (Lipinski definition) is 1. The molecule has 17 heavy (non-hydrogen) atoms. The predicted octanol–water partition coefficient (Wildman–Crippen LogP) is 3.19. The molecule has 0 radical (unpaired) electrons. The van der Waals surface area contributed by atoms with Gasteiger partial charge in [-0.3, -0.25) is 0 Å². The van der Waals surface area contributed by atoms with Crippen LogP contribution in [0.25, 0.3) is 0 Å². The van der Waals surface area contributed by atoms with E-state index in [1.165, 1.54) is 22.1 Å². The number of benzene rings is 1. The third-order valence-electron chi connectivity index (χ3n) is 3.78. The molecular weight excluding hydrogens is 276 g/mol. The second kappa shape index (κ2) is 5.40. The van der Waals surface area contributed by atoms with Crippen LogP contribution in [0.3, 0.4) is 0 Å². The molecule has 1 fully saturated rings. The Hall–Kier alpha value is -0.540. The summed E-state index contributed by atoms with van der Waals surface area (Å²) in [4.78, 5) is 2.50. The number of rotatable bonds is 2. The minimum Gasteiger partial charge on any atom is -0.371 e. The van der Waals surface area contributed by atoms with E-state index < -0.39 is 0 Å². The van der Waals surface area contributed by atoms with E-state index in [-0.39, 0.29) is 0 Å². The first-order valence-corrected chi connectivity index (χ1v) is 7.09. The quantitative estimate of drug-likeness (QED) is 0.902. The largest absolute Gasteiger partial charge is 0.371 e. The Morgan fingerprint density at radius 3 is 2.76 bits per heavy atom. The molecule has 0 spiro atoms. The Bertz CT molecular complexity index is 392. The fourth-order valence-electron chi connectivity index (χ4n) is 2.63. The summed E-state index contributed by atoms with van der Waals surface area (Å²) in [7, 11) is 2.07. The van der Waals surface area contributed by atoms with Crippen molar-refractivity contribution in [1.82, 2.24) is 5.32 Å². The van der Waals surface area contributed by atoms with Gasteiger partial charge >= 0.3 is 0 Å². The minimum absolute atomic E-state index is 0.669. The monoisotopic (exact) mass is 296 g/mol. The molecule has 1 heterocycles. The van der Waals surface area contributed by atoms with E-state index >= 15 is 0 Å². The topological polar surface area (TPSA) is 15.3 Å². The van der Waals surface area contributed by atoms with Crippen LogP contribution in [0, 0.1) is 12.8 Å². The molecule has 94 valence electrons. The van der Waals surface area contributed by atoms with Gasteiger partial charge in [-0.25, -0.2) is 0 Å². The number of hydrogen-bond acceptors (Lipinski definition) is 2. The number of halogens is 1. The van der Waals surface area contributed by atoms with Crippen molar-refractivity contribution in [2.24, 2.45) is 5.92 Å². The molecule has 0 aliphatic carbocycles. The van der Waals surface area contributed by atoms with Crippen LogP contribution in [0.1, 0.15) is 18.9 Å². The lowest BCUT2D eigenvalue weighted by molar-refractivity contribution is 0.339. The van der Waals surface area contributed by atoms with E-state index in [4.69, 9.17) is 0 Å². The van der Waals surface area contributed by atoms with E-state index in [1.807, 2.05) is 0 Å². The maximum absolute atomic E-state index is 3.56. The molecule has 1 aromatic carbocycles. The second-order valence-corrected chi connectivity index (χ2v) is 5.89. The van der Waals surface area contributed by atoms with Gasteiger partial charge in [0.2, 0.25) is 0 Å². The van der Waals surface area contributed by atoms with Crippen LogP contribution >= 0.6 is 15.9 Å². The molecule has 0 bridgehead atoms. The Morgan fingerprint density at radius 1 is 1.41 bits per heavy atom. The molecule has 0 saturated carbocycles. The standard InChI is InChI=1S/C14H21BrN2/c1-10-8-12(4-5-13(10)15)17-7-6-14(16-3)11(2)9-17/h4-5,8,11,14,16H,6-7,9H2,1-3H3. The van der Waals surface area contributed by atoms with Gasteiger partial charge in [0, 0.05) is 29.3 Å². The number of nitrogens with one attached hydrogen (secondary N) is 1. The van der Waals surface area contributed by atoms with Crippen LogP contribution in [0.2, 0.25) is 0 Å². The first-order chi connectivity index (χ1) is 8.11. The molecule has 2 rings (SSSR count). The van der Waals surface area contributed by atoms with Crippen LogP contribution in [0.15, 0.2) is 22.7 Å². The number of nitrogens with zero attached hydrogens (tertiary/aromatic N) is 1. The van der Waals surface area contributed by atoms with Gasteiger partial charge in [-0.05, 0) is 50.1 Å². The van der Waals surface area contributed by atoms with Crippen LogP contribution in [-0.2, 0) is 0 Å². The SMILES string of the molecule is CNC1CCN(c2ccc(Br)c(C)c2)CC1C. The summed E-state index contributed by atoms with van der Waals surface area (Å²) in [6.45, 7) is 6.78. The minimum atomic E-state index is 0.669. The summed E-state index contributed by atoms with van der Waals surface area (Å²) in [6, 6.07) is 7.31. The lowest BCUT2D eigenvalue weighted by Crippen LogP contribution is -2.47. The summed E-state index contributed by atoms with van der Waals surface area (Å²) in [5, 5.41) is 3.41. The van der Waals surface area contributed by atoms with Crippen LogP contribution in [-0.4, -0.2) is 26.2 Å². The van der Waals surface area contributed by atoms with Gasteiger partial charge in [-0.15, -0.1) is 0 Å². The van der Waals surface area contributed by atoms with Crippen LogP contribution in [0.4, 0.5) is 5.69 Å². The Morgan fingerprint density at radius 2 is 2.18 bits per heavy atom. The van der Waals surface area contributed by atoms with Gasteiger partial charge in [0.25, 0.3) is 0 Å². The van der Waals surface area contributed by atoms with Gasteiger partial charge in [-0.2, -0.15) is 0 Å². The zero-order valence-electron chi connectivity index (χ0n) is 10.8. The molecule has 0 aromatic heterocycles. The average Bonchev–Trinajstić information content (AvgIpc) is 2.32. The third-order valence-corrected chi connectivity index (χ3v) is 4.67. The van der Waals surface area contributed by atoms with E-state index in [9.17, 15) is 0 Å². The molecule has 1 aliphatic heterocycles. The number of aryl methyl sites for hydroxylation is 1. The molecule has 3 heteroatoms. The summed E-state index contributed by atoms with van der Waals surface area (Å²) in [5.41, 5.74) is 2.66. The highest BCUT2D eigenvalue weighted by atomic mass is 79.9. The van der Waals surface area contributed by atoms with E-state index in [0.717, 1.165) is 13.1 Å². The summed E-state index contributed by atoms with van der Waals surface area (Å²) in [6.07, 6.45) is 1.23. The summed E-state index contributed by atoms with van der Waals surface area (Å²) >= 11 is 3.56.